The van der Waals surface area contributed by atoms with E-state index in [2.05, 4.69) is 34.6 Å². The normalized spacial score (nSPS) is 32.3. The smallest absolute Gasteiger partial charge is 0.339 e. The first-order valence-electron chi connectivity index (χ1n) is 20.3. The highest BCUT2D eigenvalue weighted by Crippen LogP contribution is 2.69. The standard InChI is InChI=1S/C45H64O6/c1-27(2)8-6-9-28(3)37-16-17-38-34-15-14-32-24-29(20-22-44(32,4)39(34)21-23-45(37,38)5)10-7-11-33(30-12-18-40(46)35(25-30)42(48)49)31-13-19-41(47)36(26-31)43(50)51/h12-13,18-19,25-29,32-34,37-39,46-47H,6-11,14-17,20-24H2,1-5H3,(H,48,49)(H,50,51)/t28-,29+,32+,34+,37-,38+,39+,44+,45-/m1/s1. The third kappa shape index (κ3) is 7.45. The first-order chi connectivity index (χ1) is 24.2. The summed E-state index contributed by atoms with van der Waals surface area (Å²) in [5.41, 5.74) is 2.10. The van der Waals surface area contributed by atoms with Crippen molar-refractivity contribution < 1.29 is 30.0 Å². The van der Waals surface area contributed by atoms with Crippen LogP contribution >= 0.6 is 0 Å². The quantitative estimate of drug-likeness (QED) is 0.165. The predicted octanol–water partition coefficient (Wildman–Crippen LogP) is 11.5. The van der Waals surface area contributed by atoms with Crippen LogP contribution in [0.2, 0.25) is 0 Å². The average molecular weight is 701 g/mol. The van der Waals surface area contributed by atoms with E-state index in [1.807, 2.05) is 0 Å². The SMILES string of the molecule is CC(C)CCC[C@@H](C)[C@H]1CC[C@H]2[C@@H]3CC[C@H]4C[C@@H](CCCC(c5ccc(O)c(C(=O)O)c5)c5ccc(O)c(C(=O)O)c5)CC[C@]4(C)[C@H]3CC[C@]12C. The minimum atomic E-state index is -1.20. The van der Waals surface area contributed by atoms with Crippen molar-refractivity contribution >= 4 is 11.9 Å². The molecule has 51 heavy (non-hydrogen) atoms. The maximum Gasteiger partial charge on any atom is 0.339 e. The van der Waals surface area contributed by atoms with E-state index in [-0.39, 0.29) is 28.5 Å². The van der Waals surface area contributed by atoms with Crippen molar-refractivity contribution in [1.82, 2.24) is 0 Å². The van der Waals surface area contributed by atoms with Gasteiger partial charge < -0.3 is 20.4 Å². The third-order valence-corrected chi connectivity index (χ3v) is 15.4. The summed E-state index contributed by atoms with van der Waals surface area (Å²) in [6, 6.07) is 9.32. The van der Waals surface area contributed by atoms with Gasteiger partial charge in [0.1, 0.15) is 22.6 Å². The van der Waals surface area contributed by atoms with E-state index in [1.165, 1.54) is 101 Å². The number of aromatic hydroxyl groups is 2. The first kappa shape index (κ1) is 37.7. The van der Waals surface area contributed by atoms with Crippen LogP contribution in [0.25, 0.3) is 0 Å². The molecule has 6 rings (SSSR count). The lowest BCUT2D eigenvalue weighted by Gasteiger charge is -2.61. The Morgan fingerprint density at radius 1 is 0.725 bits per heavy atom. The first-order valence-corrected chi connectivity index (χ1v) is 20.3. The number of phenols is 2. The fourth-order valence-electron chi connectivity index (χ4n) is 12.7. The van der Waals surface area contributed by atoms with Crippen LogP contribution < -0.4 is 0 Å². The van der Waals surface area contributed by atoms with E-state index >= 15 is 0 Å². The zero-order valence-corrected chi connectivity index (χ0v) is 31.9. The average Bonchev–Trinajstić information content (AvgIpc) is 3.44. The Morgan fingerprint density at radius 3 is 1.94 bits per heavy atom. The summed E-state index contributed by atoms with van der Waals surface area (Å²) >= 11 is 0. The van der Waals surface area contributed by atoms with Crippen LogP contribution in [0.15, 0.2) is 36.4 Å². The molecule has 280 valence electrons. The molecule has 0 aromatic heterocycles. The summed E-state index contributed by atoms with van der Waals surface area (Å²) < 4.78 is 0. The molecule has 6 heteroatoms. The lowest BCUT2D eigenvalue weighted by molar-refractivity contribution is -0.121. The van der Waals surface area contributed by atoms with Crippen molar-refractivity contribution in [2.24, 2.45) is 58.2 Å². The summed E-state index contributed by atoms with van der Waals surface area (Å²) in [5.74, 6) is 3.45. The maximum absolute atomic E-state index is 11.9. The molecule has 0 amide bonds. The zero-order valence-electron chi connectivity index (χ0n) is 31.9. The largest absolute Gasteiger partial charge is 0.507 e. The molecule has 4 saturated carbocycles. The molecule has 0 spiro atoms. The van der Waals surface area contributed by atoms with Crippen LogP contribution in [0.3, 0.4) is 0 Å². The predicted molar refractivity (Wildman–Crippen MR) is 202 cm³/mol. The third-order valence-electron chi connectivity index (χ3n) is 15.4. The summed E-state index contributed by atoms with van der Waals surface area (Å²) in [4.78, 5) is 23.7. The number of fused-ring (bicyclic) bond motifs is 5. The van der Waals surface area contributed by atoms with Crippen molar-refractivity contribution in [2.45, 2.75) is 137 Å². The second-order valence-corrected chi connectivity index (χ2v) is 18.5. The van der Waals surface area contributed by atoms with Crippen molar-refractivity contribution in [3.05, 3.63) is 58.7 Å². The Kier molecular flexibility index (Phi) is 11.2. The molecular formula is C45H64O6. The zero-order chi connectivity index (χ0) is 36.7. The Hall–Kier alpha value is -3.02. The van der Waals surface area contributed by atoms with Crippen molar-refractivity contribution in [2.75, 3.05) is 0 Å². The molecule has 4 fully saturated rings. The second kappa shape index (κ2) is 15.1. The van der Waals surface area contributed by atoms with Gasteiger partial charge in [-0.25, -0.2) is 9.59 Å². The topological polar surface area (TPSA) is 115 Å². The van der Waals surface area contributed by atoms with Gasteiger partial charge in [-0.05, 0) is 158 Å². The van der Waals surface area contributed by atoms with Gasteiger partial charge in [0.2, 0.25) is 0 Å². The molecule has 0 saturated heterocycles. The van der Waals surface area contributed by atoms with Gasteiger partial charge in [0.25, 0.3) is 0 Å². The highest BCUT2D eigenvalue weighted by Gasteiger charge is 2.60. The summed E-state index contributed by atoms with van der Waals surface area (Å²) in [6.45, 7) is 12.7. The van der Waals surface area contributed by atoms with E-state index in [9.17, 15) is 30.0 Å². The van der Waals surface area contributed by atoms with Crippen molar-refractivity contribution in [3.63, 3.8) is 0 Å². The number of hydrogen-bond acceptors (Lipinski definition) is 4. The maximum atomic E-state index is 11.9. The van der Waals surface area contributed by atoms with Gasteiger partial charge in [-0.3, -0.25) is 0 Å². The molecule has 4 aliphatic rings. The lowest BCUT2D eigenvalue weighted by atomic mass is 9.44. The van der Waals surface area contributed by atoms with Crippen LogP contribution in [0, 0.1) is 58.2 Å². The molecule has 4 N–H and O–H groups in total. The van der Waals surface area contributed by atoms with E-state index in [1.54, 1.807) is 12.1 Å². The fourth-order valence-corrected chi connectivity index (χ4v) is 12.7. The van der Waals surface area contributed by atoms with Crippen molar-refractivity contribution in [3.8, 4) is 11.5 Å². The molecule has 9 atom stereocenters. The van der Waals surface area contributed by atoms with Gasteiger partial charge >= 0.3 is 11.9 Å². The number of benzene rings is 2. The number of carboxylic acids is 2. The van der Waals surface area contributed by atoms with E-state index < -0.39 is 11.9 Å². The highest BCUT2D eigenvalue weighted by molar-refractivity contribution is 5.91. The number of aromatic carboxylic acids is 2. The number of carboxylic acid groups (broad SMARTS) is 2. The van der Waals surface area contributed by atoms with Crippen molar-refractivity contribution in [1.29, 1.82) is 0 Å². The molecule has 0 radical (unpaired) electrons. The van der Waals surface area contributed by atoms with E-state index in [0.717, 1.165) is 71.8 Å². The monoisotopic (exact) mass is 700 g/mol. The van der Waals surface area contributed by atoms with Gasteiger partial charge in [-0.2, -0.15) is 0 Å². The Morgan fingerprint density at radius 2 is 1.33 bits per heavy atom. The van der Waals surface area contributed by atoms with Gasteiger partial charge in [0.05, 0.1) is 0 Å². The van der Waals surface area contributed by atoms with Gasteiger partial charge in [-0.1, -0.05) is 78.9 Å². The minimum absolute atomic E-state index is 0.163. The molecule has 2 aromatic rings. The Balaban J connectivity index is 1.10. The van der Waals surface area contributed by atoms with Crippen LogP contribution in [0.1, 0.15) is 169 Å². The van der Waals surface area contributed by atoms with Gasteiger partial charge in [0.15, 0.2) is 0 Å². The van der Waals surface area contributed by atoms with Crippen LogP contribution in [0.4, 0.5) is 0 Å². The van der Waals surface area contributed by atoms with E-state index in [0.29, 0.717) is 16.7 Å². The molecule has 0 unspecified atom stereocenters. The molecule has 0 heterocycles. The second-order valence-electron chi connectivity index (χ2n) is 18.5. The summed E-state index contributed by atoms with van der Waals surface area (Å²) in [7, 11) is 0. The lowest BCUT2D eigenvalue weighted by Crippen LogP contribution is -2.53. The number of hydrogen-bond donors (Lipinski definition) is 4. The highest BCUT2D eigenvalue weighted by atomic mass is 16.4. The minimum Gasteiger partial charge on any atom is -0.507 e. The number of rotatable bonds is 13. The molecule has 0 aliphatic heterocycles. The fraction of sp³-hybridized carbons (Fsp3) is 0.689. The Labute approximate surface area is 306 Å². The summed E-state index contributed by atoms with van der Waals surface area (Å²) in [5, 5.41) is 39.8. The summed E-state index contributed by atoms with van der Waals surface area (Å²) in [6.07, 6.45) is 19.3. The van der Waals surface area contributed by atoms with E-state index in [4.69, 9.17) is 0 Å². The van der Waals surface area contributed by atoms with Crippen LogP contribution in [-0.2, 0) is 0 Å². The number of carbonyl (C=O) groups is 2. The van der Waals surface area contributed by atoms with Crippen LogP contribution in [-0.4, -0.2) is 32.4 Å². The molecule has 4 aliphatic carbocycles. The van der Waals surface area contributed by atoms with Gasteiger partial charge in [0, 0.05) is 5.92 Å². The van der Waals surface area contributed by atoms with Crippen LogP contribution in [0.5, 0.6) is 11.5 Å². The Bertz CT molecular complexity index is 1500. The van der Waals surface area contributed by atoms with Gasteiger partial charge in [-0.15, -0.1) is 0 Å². The molecule has 6 nitrogen and oxygen atoms in total. The molecule has 2 aromatic carbocycles. The molecular weight excluding hydrogens is 636 g/mol. The molecule has 0 bridgehead atoms.